The maximum atomic E-state index is 12.8. The van der Waals surface area contributed by atoms with Crippen LogP contribution in [0, 0.1) is 0 Å². The molecule has 0 heterocycles. The van der Waals surface area contributed by atoms with E-state index in [1.165, 1.54) is 0 Å². The number of alkyl halides is 18. The Morgan fingerprint density at radius 2 is 0.686 bits per heavy atom. The standard InChI is InChI=1S/C4H7.3C3HF6O.Sn/c1-3-4-2;3*4-2(5,6)1(10)3(7,8)9;/h3H,1-2,4H2;3*1H;/q;3*-1;+3. The molecule has 3 nitrogen and oxygen atoms in total. The van der Waals surface area contributed by atoms with Crippen molar-refractivity contribution in [3.8, 4) is 0 Å². The topological polar surface area (TPSA) is 27.7 Å². The van der Waals surface area contributed by atoms with Crippen molar-refractivity contribution in [2.75, 3.05) is 0 Å². The fraction of sp³-hybridized carbons (Fsp3) is 0.846. The van der Waals surface area contributed by atoms with Crippen LogP contribution in [0.15, 0.2) is 12.7 Å². The third-order valence-electron chi connectivity index (χ3n) is 3.33. The zero-order valence-electron chi connectivity index (χ0n) is 16.0. The molecule has 0 atom stereocenters. The summed E-state index contributed by atoms with van der Waals surface area (Å²) in [4.78, 5) is 0. The number of hydrogen-bond acceptors (Lipinski definition) is 3. The van der Waals surface area contributed by atoms with Gasteiger partial charge in [-0.3, -0.25) is 0 Å². The van der Waals surface area contributed by atoms with Crippen LogP contribution in [0.25, 0.3) is 0 Å². The van der Waals surface area contributed by atoms with Crippen LogP contribution in [0.2, 0.25) is 4.44 Å². The van der Waals surface area contributed by atoms with Gasteiger partial charge in [0, 0.05) is 0 Å². The van der Waals surface area contributed by atoms with E-state index in [0.717, 1.165) is 0 Å². The Balaban J connectivity index is 7.19. The molecule has 0 aliphatic carbocycles. The normalized spacial score (nSPS) is 15.5. The first kappa shape index (κ1) is 34.2. The van der Waals surface area contributed by atoms with Gasteiger partial charge in [-0.05, 0) is 0 Å². The molecule has 0 aromatic heterocycles. The van der Waals surface area contributed by atoms with Crippen LogP contribution in [0.3, 0.4) is 0 Å². The van der Waals surface area contributed by atoms with Crippen molar-refractivity contribution in [2.45, 2.75) is 66.2 Å². The molecular formula is C13H10F18O3Sn. The van der Waals surface area contributed by atoms with Gasteiger partial charge in [0.05, 0.1) is 0 Å². The summed E-state index contributed by atoms with van der Waals surface area (Å²) < 4.78 is 239. The Labute approximate surface area is 187 Å². The molecule has 0 unspecified atom stereocenters. The Kier molecular flexibility index (Phi) is 10.6. The summed E-state index contributed by atoms with van der Waals surface area (Å²) in [7, 11) is 0. The first-order valence-corrected chi connectivity index (χ1v) is 13.6. The number of hydrogen-bond donors (Lipinski definition) is 0. The van der Waals surface area contributed by atoms with Gasteiger partial charge in [0.25, 0.3) is 0 Å². The summed E-state index contributed by atoms with van der Waals surface area (Å²) in [6.45, 7) is 2.73. The van der Waals surface area contributed by atoms with Gasteiger partial charge in [-0.15, -0.1) is 0 Å². The second kappa shape index (κ2) is 10.9. The SMILES string of the molecule is C=CC[CH2][Sn]([O]C(C(F)(F)F)C(F)(F)F)([O]C(C(F)(F)F)C(F)(F)F)[O]C(C(F)(F)F)C(F)(F)F. The first-order chi connectivity index (χ1) is 15.1. The summed E-state index contributed by atoms with van der Waals surface area (Å²) in [5.74, 6) is 0. The third kappa shape index (κ3) is 10.6. The van der Waals surface area contributed by atoms with Gasteiger partial charge in [-0.2, -0.15) is 0 Å². The van der Waals surface area contributed by atoms with Gasteiger partial charge in [-0.25, -0.2) is 0 Å². The van der Waals surface area contributed by atoms with Crippen molar-refractivity contribution < 1.29 is 88.2 Å². The molecule has 0 rings (SSSR count). The van der Waals surface area contributed by atoms with Crippen LogP contribution >= 0.6 is 0 Å². The Morgan fingerprint density at radius 3 is 0.829 bits per heavy atom. The van der Waals surface area contributed by atoms with E-state index in [1.54, 1.807) is 0 Å². The molecule has 0 radical (unpaired) electrons. The molecule has 0 saturated carbocycles. The Hall–Kier alpha value is -0.841. The Morgan fingerprint density at radius 1 is 0.486 bits per heavy atom. The molecule has 0 N–H and O–H groups in total. The minimum atomic E-state index is -8.59. The Bertz CT molecular complexity index is 559. The number of halogens is 18. The number of allylic oxidation sites excluding steroid dienone is 1. The summed E-state index contributed by atoms with van der Waals surface area (Å²) in [5, 5.41) is 0. The second-order valence-electron chi connectivity index (χ2n) is 6.25. The third-order valence-corrected chi connectivity index (χ3v) is 11.0. The molecule has 0 spiro atoms. The number of rotatable bonds is 9. The molecule has 0 aliphatic heterocycles. The summed E-state index contributed by atoms with van der Waals surface area (Å²) in [6, 6.07) is 0. The van der Waals surface area contributed by atoms with E-state index in [2.05, 4.69) is 15.8 Å². The van der Waals surface area contributed by atoms with Crippen LogP contribution in [0.1, 0.15) is 6.42 Å². The fourth-order valence-electron chi connectivity index (χ4n) is 2.04. The van der Waals surface area contributed by atoms with Crippen molar-refractivity contribution in [1.29, 1.82) is 0 Å². The van der Waals surface area contributed by atoms with Crippen LogP contribution < -0.4 is 0 Å². The predicted octanol–water partition coefficient (Wildman–Crippen LogP) is 7.03. The van der Waals surface area contributed by atoms with Gasteiger partial charge < -0.3 is 0 Å². The van der Waals surface area contributed by atoms with Gasteiger partial charge in [-0.1, -0.05) is 0 Å². The summed E-state index contributed by atoms with van der Waals surface area (Å²) in [6.07, 6.45) is -58.3. The molecule has 210 valence electrons. The van der Waals surface area contributed by atoms with Crippen LogP contribution in [-0.4, -0.2) is 75.0 Å². The second-order valence-corrected chi connectivity index (χ2v) is 13.6. The molecule has 0 amide bonds. The van der Waals surface area contributed by atoms with Gasteiger partial charge in [0.2, 0.25) is 0 Å². The monoisotopic (exact) mass is 676 g/mol. The zero-order chi connectivity index (χ0) is 28.5. The van der Waals surface area contributed by atoms with Crippen molar-refractivity contribution >= 4 is 19.6 Å². The van der Waals surface area contributed by atoms with E-state index in [1.807, 2.05) is 0 Å². The van der Waals surface area contributed by atoms with Crippen molar-refractivity contribution in [3.05, 3.63) is 12.7 Å². The van der Waals surface area contributed by atoms with Crippen LogP contribution in [0.5, 0.6) is 0 Å². The molecule has 0 bridgehead atoms. The predicted molar refractivity (Wildman–Crippen MR) is 76.3 cm³/mol. The quantitative estimate of drug-likeness (QED) is 0.149. The van der Waals surface area contributed by atoms with Crippen LogP contribution in [0.4, 0.5) is 79.0 Å². The average Bonchev–Trinajstić information content (AvgIpc) is 2.53. The molecule has 35 heavy (non-hydrogen) atoms. The van der Waals surface area contributed by atoms with E-state index >= 15 is 0 Å². The fourth-order valence-corrected chi connectivity index (χ4v) is 10.5. The van der Waals surface area contributed by atoms with E-state index in [9.17, 15) is 79.0 Å². The van der Waals surface area contributed by atoms with Crippen molar-refractivity contribution in [2.24, 2.45) is 0 Å². The molecule has 22 heteroatoms. The minimum absolute atomic E-state index is 0.310. The van der Waals surface area contributed by atoms with E-state index in [4.69, 9.17) is 0 Å². The van der Waals surface area contributed by atoms with E-state index < -0.39 is 85.8 Å². The maximum absolute atomic E-state index is 12.8. The first-order valence-electron chi connectivity index (χ1n) is 8.12. The average molecular weight is 675 g/mol. The van der Waals surface area contributed by atoms with Gasteiger partial charge in [0.1, 0.15) is 0 Å². The molecule has 0 saturated heterocycles. The molecule has 0 fully saturated rings. The van der Waals surface area contributed by atoms with Gasteiger partial charge >= 0.3 is 187 Å². The van der Waals surface area contributed by atoms with E-state index in [0.29, 0.717) is 6.08 Å². The molecular weight excluding hydrogens is 665 g/mol. The van der Waals surface area contributed by atoms with Crippen molar-refractivity contribution in [3.63, 3.8) is 0 Å². The molecule has 0 aromatic rings. The van der Waals surface area contributed by atoms with Crippen molar-refractivity contribution in [1.82, 2.24) is 0 Å². The summed E-state index contributed by atoms with van der Waals surface area (Å²) >= 11 is -8.59. The zero-order valence-corrected chi connectivity index (χ0v) is 18.8. The molecule has 0 aliphatic rings. The summed E-state index contributed by atoms with van der Waals surface area (Å²) in [5.41, 5.74) is 0. The molecule has 0 aromatic carbocycles. The van der Waals surface area contributed by atoms with Crippen LogP contribution in [-0.2, 0) is 9.22 Å². The van der Waals surface area contributed by atoms with Gasteiger partial charge in [0.15, 0.2) is 0 Å². The van der Waals surface area contributed by atoms with E-state index in [-0.39, 0.29) is 0 Å².